The Hall–Kier alpha value is -1.34. The van der Waals surface area contributed by atoms with Gasteiger partial charge >= 0.3 is 12.1 Å². The predicted octanol–water partition coefficient (Wildman–Crippen LogP) is 0.281. The molecule has 1 fully saturated rings. The third-order valence-electron chi connectivity index (χ3n) is 3.00. The van der Waals surface area contributed by atoms with E-state index in [9.17, 15) is 19.8 Å². The molecule has 1 amide bonds. The van der Waals surface area contributed by atoms with E-state index in [0.29, 0.717) is 0 Å². The Bertz CT molecular complexity index is 364. The first-order chi connectivity index (χ1) is 9.14. The summed E-state index contributed by atoms with van der Waals surface area (Å²) in [6.07, 6.45) is -2.46. The average molecular weight is 289 g/mol. The second-order valence-corrected chi connectivity index (χ2v) is 5.94. The number of rotatable bonds is 3. The maximum Gasteiger partial charge on any atom is 0.410 e. The van der Waals surface area contributed by atoms with Crippen molar-refractivity contribution in [3.05, 3.63) is 0 Å². The van der Waals surface area contributed by atoms with E-state index in [4.69, 9.17) is 4.74 Å². The maximum absolute atomic E-state index is 12.0. The van der Waals surface area contributed by atoms with E-state index in [1.807, 2.05) is 0 Å². The molecule has 0 spiro atoms. The summed E-state index contributed by atoms with van der Waals surface area (Å²) in [5.41, 5.74) is -0.664. The van der Waals surface area contributed by atoms with Crippen LogP contribution >= 0.6 is 0 Å². The highest BCUT2D eigenvalue weighted by Crippen LogP contribution is 2.25. The van der Waals surface area contributed by atoms with Crippen molar-refractivity contribution < 1.29 is 29.3 Å². The smallest absolute Gasteiger partial charge is 0.410 e. The van der Waals surface area contributed by atoms with Crippen LogP contribution in [0.15, 0.2) is 0 Å². The highest BCUT2D eigenvalue weighted by atomic mass is 16.6. The van der Waals surface area contributed by atoms with Crippen molar-refractivity contribution in [1.82, 2.24) is 4.90 Å². The molecule has 1 aliphatic heterocycles. The molecule has 0 aliphatic carbocycles. The molecule has 0 bridgehead atoms. The Morgan fingerprint density at radius 3 is 2.50 bits per heavy atom. The van der Waals surface area contributed by atoms with Gasteiger partial charge in [0.2, 0.25) is 0 Å². The highest BCUT2D eigenvalue weighted by molar-refractivity contribution is 5.71. The van der Waals surface area contributed by atoms with Crippen molar-refractivity contribution in [1.29, 1.82) is 0 Å². The third-order valence-corrected chi connectivity index (χ3v) is 3.00. The molecular weight excluding hydrogens is 266 g/mol. The number of hydrogen-bond donors (Lipinski definition) is 2. The van der Waals surface area contributed by atoms with Crippen LogP contribution in [-0.2, 0) is 14.3 Å². The Labute approximate surface area is 118 Å². The zero-order chi connectivity index (χ0) is 15.5. The van der Waals surface area contributed by atoms with Crippen molar-refractivity contribution >= 4 is 12.1 Å². The van der Waals surface area contributed by atoms with Crippen molar-refractivity contribution in [3.63, 3.8) is 0 Å². The summed E-state index contributed by atoms with van der Waals surface area (Å²) in [7, 11) is 1.23. The number of likely N-dealkylation sites (tertiary alicyclic amines) is 1. The van der Waals surface area contributed by atoms with Crippen LogP contribution in [0.2, 0.25) is 0 Å². The van der Waals surface area contributed by atoms with Gasteiger partial charge in [0.15, 0.2) is 0 Å². The summed E-state index contributed by atoms with van der Waals surface area (Å²) >= 11 is 0. The van der Waals surface area contributed by atoms with Gasteiger partial charge in [0.25, 0.3) is 0 Å². The summed E-state index contributed by atoms with van der Waals surface area (Å²) in [4.78, 5) is 24.5. The summed E-state index contributed by atoms with van der Waals surface area (Å²) in [5, 5.41) is 19.7. The minimum atomic E-state index is -1.09. The van der Waals surface area contributed by atoms with Gasteiger partial charge in [0, 0.05) is 0 Å². The topological polar surface area (TPSA) is 96.3 Å². The molecule has 7 heteroatoms. The summed E-state index contributed by atoms with van der Waals surface area (Å²) in [5.74, 6) is -0.567. The molecule has 20 heavy (non-hydrogen) atoms. The summed E-state index contributed by atoms with van der Waals surface area (Å²) in [6, 6.07) is -0.654. The lowest BCUT2D eigenvalue weighted by Crippen LogP contribution is -2.45. The highest BCUT2D eigenvalue weighted by Gasteiger charge is 2.41. The van der Waals surface area contributed by atoms with Crippen LogP contribution in [0, 0.1) is 0 Å². The largest absolute Gasteiger partial charge is 0.469 e. The molecule has 0 aromatic heterocycles. The zero-order valence-electron chi connectivity index (χ0n) is 12.3. The molecule has 1 saturated heterocycles. The van der Waals surface area contributed by atoms with Crippen LogP contribution in [-0.4, -0.2) is 64.7 Å². The molecule has 0 saturated carbocycles. The fraction of sp³-hybridized carbons (Fsp3) is 0.846. The van der Waals surface area contributed by atoms with E-state index in [-0.39, 0.29) is 19.4 Å². The number of nitrogens with zero attached hydrogens (tertiary/aromatic N) is 1. The number of carbonyl (C=O) groups excluding carboxylic acids is 2. The number of ether oxygens (including phenoxy) is 2. The number of amides is 1. The van der Waals surface area contributed by atoms with Gasteiger partial charge in [0.05, 0.1) is 38.3 Å². The Balaban J connectivity index is 2.73. The fourth-order valence-corrected chi connectivity index (χ4v) is 2.13. The minimum Gasteiger partial charge on any atom is -0.469 e. The third kappa shape index (κ3) is 4.64. The SMILES string of the molecule is COC(=O)C[C@@H](O)[C@@H]1C[C@@H](O)CN1C(=O)OC(C)(C)C. The monoisotopic (exact) mass is 289 g/mol. The number of aliphatic hydroxyl groups is 2. The van der Waals surface area contributed by atoms with Gasteiger partial charge in [-0.1, -0.05) is 0 Å². The molecule has 1 rings (SSSR count). The average Bonchev–Trinajstić information content (AvgIpc) is 2.69. The van der Waals surface area contributed by atoms with Crippen molar-refractivity contribution in [2.45, 2.75) is 57.5 Å². The lowest BCUT2D eigenvalue weighted by molar-refractivity contribution is -0.143. The van der Waals surface area contributed by atoms with Gasteiger partial charge in [0.1, 0.15) is 5.60 Å². The first-order valence-electron chi connectivity index (χ1n) is 6.56. The van der Waals surface area contributed by atoms with Gasteiger partial charge < -0.3 is 19.7 Å². The van der Waals surface area contributed by atoms with Crippen LogP contribution in [0.4, 0.5) is 4.79 Å². The number of carbonyl (C=O) groups is 2. The molecule has 1 aliphatic rings. The molecule has 2 N–H and O–H groups in total. The van der Waals surface area contributed by atoms with E-state index in [2.05, 4.69) is 4.74 Å². The van der Waals surface area contributed by atoms with E-state index < -0.39 is 35.9 Å². The Kier molecular flexibility index (Phi) is 5.35. The molecule has 0 unspecified atom stereocenters. The molecular formula is C13H23NO6. The van der Waals surface area contributed by atoms with Crippen LogP contribution < -0.4 is 0 Å². The van der Waals surface area contributed by atoms with Crippen molar-refractivity contribution in [2.75, 3.05) is 13.7 Å². The van der Waals surface area contributed by atoms with E-state index in [0.717, 1.165) is 0 Å². The number of methoxy groups -OCH3 is 1. The van der Waals surface area contributed by atoms with Gasteiger partial charge in [-0.3, -0.25) is 9.69 Å². The Morgan fingerprint density at radius 2 is 2.00 bits per heavy atom. The normalized spacial score (nSPS) is 24.4. The quantitative estimate of drug-likeness (QED) is 0.724. The number of aliphatic hydroxyl groups excluding tert-OH is 2. The molecule has 0 aromatic carbocycles. The zero-order valence-corrected chi connectivity index (χ0v) is 12.3. The second-order valence-electron chi connectivity index (χ2n) is 5.94. The van der Waals surface area contributed by atoms with Gasteiger partial charge in [-0.15, -0.1) is 0 Å². The predicted molar refractivity (Wildman–Crippen MR) is 70.0 cm³/mol. The van der Waals surface area contributed by atoms with Crippen LogP contribution in [0.3, 0.4) is 0 Å². The Morgan fingerprint density at radius 1 is 1.40 bits per heavy atom. The molecule has 7 nitrogen and oxygen atoms in total. The molecule has 3 atom stereocenters. The number of β-amino-alcohol motifs (C(OH)–C–C–N with tert-alkyl or cyclic N) is 1. The van der Waals surface area contributed by atoms with Crippen LogP contribution in [0.5, 0.6) is 0 Å². The molecule has 1 heterocycles. The van der Waals surface area contributed by atoms with Gasteiger partial charge in [-0.25, -0.2) is 4.79 Å². The van der Waals surface area contributed by atoms with Crippen LogP contribution in [0.1, 0.15) is 33.6 Å². The molecule has 0 aromatic rings. The first kappa shape index (κ1) is 16.7. The lowest BCUT2D eigenvalue weighted by Gasteiger charge is -2.30. The maximum atomic E-state index is 12.0. The second kappa shape index (κ2) is 6.41. The number of hydrogen-bond acceptors (Lipinski definition) is 6. The van der Waals surface area contributed by atoms with Crippen molar-refractivity contribution in [3.8, 4) is 0 Å². The van der Waals surface area contributed by atoms with Crippen LogP contribution in [0.25, 0.3) is 0 Å². The van der Waals surface area contributed by atoms with E-state index in [1.54, 1.807) is 20.8 Å². The summed E-state index contributed by atoms with van der Waals surface area (Å²) in [6.45, 7) is 5.28. The number of esters is 1. The van der Waals surface area contributed by atoms with Gasteiger partial charge in [-0.2, -0.15) is 0 Å². The van der Waals surface area contributed by atoms with Crippen molar-refractivity contribution in [2.24, 2.45) is 0 Å². The molecule has 116 valence electrons. The fourth-order valence-electron chi connectivity index (χ4n) is 2.13. The van der Waals surface area contributed by atoms with E-state index >= 15 is 0 Å². The standard InChI is InChI=1S/C13H23NO6/c1-13(2,3)20-12(18)14-7-8(15)5-9(14)10(16)6-11(17)19-4/h8-10,15-16H,5-7H2,1-4H3/t8-,9+,10-/m1/s1. The lowest BCUT2D eigenvalue weighted by atomic mass is 10.1. The van der Waals surface area contributed by atoms with Gasteiger partial charge in [-0.05, 0) is 27.2 Å². The minimum absolute atomic E-state index is 0.0812. The summed E-state index contributed by atoms with van der Waals surface area (Å²) < 4.78 is 9.72. The molecule has 0 radical (unpaired) electrons. The first-order valence-corrected chi connectivity index (χ1v) is 6.56. The van der Waals surface area contributed by atoms with E-state index in [1.165, 1.54) is 12.0 Å².